The van der Waals surface area contributed by atoms with E-state index in [1.807, 2.05) is 30.3 Å². The number of H-pyrrole nitrogens is 1. The van der Waals surface area contributed by atoms with Crippen molar-refractivity contribution in [3.05, 3.63) is 48.8 Å². The van der Waals surface area contributed by atoms with Gasteiger partial charge in [0, 0.05) is 12.0 Å². The standard InChI is InChI=1S/C12H13N3/c1-2-6-10-14-11(12(13)15-10)9-7-4-3-5-8-9/h2-5,7-8H,1,6,13H2,(H,14,15). The summed E-state index contributed by atoms with van der Waals surface area (Å²) in [6, 6.07) is 9.93. The van der Waals surface area contributed by atoms with E-state index in [4.69, 9.17) is 5.73 Å². The molecule has 0 atom stereocenters. The first-order valence-electron chi connectivity index (χ1n) is 4.82. The van der Waals surface area contributed by atoms with Crippen LogP contribution in [0.3, 0.4) is 0 Å². The Morgan fingerprint density at radius 2 is 2.07 bits per heavy atom. The van der Waals surface area contributed by atoms with Crippen LogP contribution in [0.4, 0.5) is 5.82 Å². The second-order valence-electron chi connectivity index (χ2n) is 3.30. The van der Waals surface area contributed by atoms with E-state index in [9.17, 15) is 0 Å². The Morgan fingerprint density at radius 1 is 1.33 bits per heavy atom. The Labute approximate surface area is 88.7 Å². The average molecular weight is 199 g/mol. The molecule has 3 N–H and O–H groups in total. The molecule has 2 aromatic rings. The van der Waals surface area contributed by atoms with E-state index >= 15 is 0 Å². The second kappa shape index (κ2) is 4.00. The highest BCUT2D eigenvalue weighted by molar-refractivity contribution is 5.70. The van der Waals surface area contributed by atoms with Gasteiger partial charge in [-0.25, -0.2) is 4.98 Å². The van der Waals surface area contributed by atoms with Gasteiger partial charge in [0.15, 0.2) is 0 Å². The molecule has 3 heteroatoms. The van der Waals surface area contributed by atoms with E-state index < -0.39 is 0 Å². The van der Waals surface area contributed by atoms with Gasteiger partial charge >= 0.3 is 0 Å². The Hall–Kier alpha value is -2.03. The first-order valence-corrected chi connectivity index (χ1v) is 4.82. The minimum Gasteiger partial charge on any atom is -0.382 e. The molecule has 0 amide bonds. The molecule has 0 aliphatic rings. The third-order valence-electron chi connectivity index (χ3n) is 2.18. The SMILES string of the molecule is C=CCc1nc(N)c(-c2ccccc2)[nH]1. The molecule has 2 rings (SSSR count). The third kappa shape index (κ3) is 1.91. The number of rotatable bonds is 3. The Morgan fingerprint density at radius 3 is 2.73 bits per heavy atom. The van der Waals surface area contributed by atoms with Gasteiger partial charge in [0.05, 0.1) is 5.69 Å². The van der Waals surface area contributed by atoms with Crippen LogP contribution in [0.25, 0.3) is 11.3 Å². The molecule has 15 heavy (non-hydrogen) atoms. The van der Waals surface area contributed by atoms with Gasteiger partial charge < -0.3 is 10.7 Å². The average Bonchev–Trinajstić information content (AvgIpc) is 2.61. The zero-order chi connectivity index (χ0) is 10.7. The maximum absolute atomic E-state index is 5.83. The number of allylic oxidation sites excluding steroid dienone is 1. The van der Waals surface area contributed by atoms with Crippen molar-refractivity contribution in [1.29, 1.82) is 0 Å². The molecular weight excluding hydrogens is 186 g/mol. The van der Waals surface area contributed by atoms with Gasteiger partial charge in [0.25, 0.3) is 0 Å². The molecule has 3 nitrogen and oxygen atoms in total. The number of nitrogens with one attached hydrogen (secondary N) is 1. The first-order chi connectivity index (χ1) is 7.31. The fourth-order valence-electron chi connectivity index (χ4n) is 1.50. The van der Waals surface area contributed by atoms with Crippen molar-refractivity contribution in [2.24, 2.45) is 0 Å². The number of aromatic nitrogens is 2. The highest BCUT2D eigenvalue weighted by Gasteiger charge is 2.07. The first kappa shape index (κ1) is 9.52. The number of hydrogen-bond donors (Lipinski definition) is 2. The van der Waals surface area contributed by atoms with Gasteiger partial charge in [-0.05, 0) is 0 Å². The summed E-state index contributed by atoms with van der Waals surface area (Å²) in [5.41, 5.74) is 7.76. The van der Waals surface area contributed by atoms with Crippen LogP contribution in [-0.4, -0.2) is 9.97 Å². The zero-order valence-corrected chi connectivity index (χ0v) is 8.40. The minimum atomic E-state index is 0.540. The highest BCUT2D eigenvalue weighted by atomic mass is 15.0. The topological polar surface area (TPSA) is 54.7 Å². The van der Waals surface area contributed by atoms with E-state index in [1.165, 1.54) is 0 Å². The lowest BCUT2D eigenvalue weighted by Crippen LogP contribution is -1.87. The van der Waals surface area contributed by atoms with Crippen molar-refractivity contribution in [3.63, 3.8) is 0 Å². The van der Waals surface area contributed by atoms with Crippen molar-refractivity contribution in [2.45, 2.75) is 6.42 Å². The molecule has 0 bridgehead atoms. The van der Waals surface area contributed by atoms with E-state index in [-0.39, 0.29) is 0 Å². The molecule has 1 aromatic heterocycles. The van der Waals surface area contributed by atoms with Crippen LogP contribution in [0.5, 0.6) is 0 Å². The second-order valence-corrected chi connectivity index (χ2v) is 3.30. The predicted octanol–water partition coefficient (Wildman–Crippen LogP) is 2.39. The largest absolute Gasteiger partial charge is 0.382 e. The molecule has 76 valence electrons. The summed E-state index contributed by atoms with van der Waals surface area (Å²) >= 11 is 0. The quantitative estimate of drug-likeness (QED) is 0.746. The fourth-order valence-corrected chi connectivity index (χ4v) is 1.50. The molecule has 0 radical (unpaired) electrons. The summed E-state index contributed by atoms with van der Waals surface area (Å²) in [6.07, 6.45) is 2.50. The number of aromatic amines is 1. The molecule has 1 aromatic carbocycles. The summed E-state index contributed by atoms with van der Waals surface area (Å²) in [5, 5.41) is 0. The van der Waals surface area contributed by atoms with Crippen LogP contribution in [0, 0.1) is 0 Å². The lowest BCUT2D eigenvalue weighted by atomic mass is 10.1. The number of benzene rings is 1. The molecule has 0 spiro atoms. The van der Waals surface area contributed by atoms with Crippen LogP contribution in [0.15, 0.2) is 43.0 Å². The molecular formula is C12H13N3. The van der Waals surface area contributed by atoms with Gasteiger partial charge in [0.2, 0.25) is 0 Å². The van der Waals surface area contributed by atoms with Crippen LogP contribution in [0.1, 0.15) is 5.82 Å². The van der Waals surface area contributed by atoms with Crippen molar-refractivity contribution in [2.75, 3.05) is 5.73 Å². The van der Waals surface area contributed by atoms with Crippen LogP contribution in [-0.2, 0) is 6.42 Å². The molecule has 0 saturated carbocycles. The summed E-state index contributed by atoms with van der Waals surface area (Å²) in [4.78, 5) is 7.42. The normalized spacial score (nSPS) is 10.1. The smallest absolute Gasteiger partial charge is 0.149 e. The molecule has 0 fully saturated rings. The highest BCUT2D eigenvalue weighted by Crippen LogP contribution is 2.22. The van der Waals surface area contributed by atoms with E-state index in [1.54, 1.807) is 6.08 Å². The maximum atomic E-state index is 5.83. The third-order valence-corrected chi connectivity index (χ3v) is 2.18. The van der Waals surface area contributed by atoms with Gasteiger partial charge in [-0.1, -0.05) is 36.4 Å². The van der Waals surface area contributed by atoms with Crippen LogP contribution < -0.4 is 5.73 Å². The number of nitrogens with zero attached hydrogens (tertiary/aromatic N) is 1. The zero-order valence-electron chi connectivity index (χ0n) is 8.40. The van der Waals surface area contributed by atoms with Crippen molar-refractivity contribution < 1.29 is 0 Å². The monoisotopic (exact) mass is 199 g/mol. The number of hydrogen-bond acceptors (Lipinski definition) is 2. The Bertz CT molecular complexity index is 457. The summed E-state index contributed by atoms with van der Waals surface area (Å²) in [6.45, 7) is 3.67. The van der Waals surface area contributed by atoms with Crippen molar-refractivity contribution in [3.8, 4) is 11.3 Å². The van der Waals surface area contributed by atoms with Gasteiger partial charge in [-0.15, -0.1) is 6.58 Å². The van der Waals surface area contributed by atoms with Crippen LogP contribution >= 0.6 is 0 Å². The van der Waals surface area contributed by atoms with Gasteiger partial charge in [-0.3, -0.25) is 0 Å². The molecule has 0 unspecified atom stereocenters. The lowest BCUT2D eigenvalue weighted by Gasteiger charge is -1.97. The number of nitrogens with two attached hydrogens (primary N) is 1. The Balaban J connectivity index is 2.40. The van der Waals surface area contributed by atoms with Gasteiger partial charge in [0.1, 0.15) is 11.6 Å². The summed E-state index contributed by atoms with van der Waals surface area (Å²) in [7, 11) is 0. The fraction of sp³-hybridized carbons (Fsp3) is 0.0833. The number of anilines is 1. The molecule has 0 aliphatic carbocycles. The minimum absolute atomic E-state index is 0.540. The predicted molar refractivity (Wildman–Crippen MR) is 62.3 cm³/mol. The summed E-state index contributed by atoms with van der Waals surface area (Å²) in [5.74, 6) is 1.39. The molecule has 1 heterocycles. The number of nitrogen functional groups attached to an aromatic ring is 1. The summed E-state index contributed by atoms with van der Waals surface area (Å²) < 4.78 is 0. The van der Waals surface area contributed by atoms with E-state index in [0.717, 1.165) is 17.1 Å². The van der Waals surface area contributed by atoms with Gasteiger partial charge in [-0.2, -0.15) is 0 Å². The molecule has 0 saturated heterocycles. The van der Waals surface area contributed by atoms with E-state index in [2.05, 4.69) is 16.5 Å². The van der Waals surface area contributed by atoms with Crippen molar-refractivity contribution >= 4 is 5.82 Å². The molecule has 0 aliphatic heterocycles. The number of imidazole rings is 1. The lowest BCUT2D eigenvalue weighted by molar-refractivity contribution is 1.06. The maximum Gasteiger partial charge on any atom is 0.149 e. The van der Waals surface area contributed by atoms with Crippen molar-refractivity contribution in [1.82, 2.24) is 9.97 Å². The Kier molecular flexibility index (Phi) is 2.54. The van der Waals surface area contributed by atoms with Crippen LogP contribution in [0.2, 0.25) is 0 Å². The van der Waals surface area contributed by atoms with E-state index in [0.29, 0.717) is 12.2 Å².